The summed E-state index contributed by atoms with van der Waals surface area (Å²) in [6, 6.07) is 0. The van der Waals surface area contributed by atoms with Gasteiger partial charge in [-0.2, -0.15) is 0 Å². The molecule has 2 heteroatoms. The summed E-state index contributed by atoms with van der Waals surface area (Å²) in [6.45, 7) is 0.838. The summed E-state index contributed by atoms with van der Waals surface area (Å²) in [5.41, 5.74) is 0. The molecule has 0 N–H and O–H groups in total. The zero-order chi connectivity index (χ0) is 7.52. The highest BCUT2D eigenvalue weighted by molar-refractivity contribution is 4.67. The van der Waals surface area contributed by atoms with Crippen molar-refractivity contribution in [1.29, 1.82) is 0 Å². The maximum atomic E-state index is 5.66. The molecule has 0 amide bonds. The summed E-state index contributed by atoms with van der Waals surface area (Å²) >= 11 is 0. The zero-order valence-electron chi connectivity index (χ0n) is 6.92. The van der Waals surface area contributed by atoms with Crippen LogP contribution in [-0.4, -0.2) is 19.0 Å². The third-order valence-corrected chi connectivity index (χ3v) is 2.53. The van der Waals surface area contributed by atoms with Crippen LogP contribution < -0.4 is 0 Å². The summed E-state index contributed by atoms with van der Waals surface area (Å²) < 4.78 is 11.1. The van der Waals surface area contributed by atoms with Crippen LogP contribution in [0.4, 0.5) is 0 Å². The van der Waals surface area contributed by atoms with Crippen LogP contribution >= 0.6 is 0 Å². The lowest BCUT2D eigenvalue weighted by Crippen LogP contribution is -2.10. The Morgan fingerprint density at radius 2 is 1.73 bits per heavy atom. The number of ether oxygens (including phenoxy) is 2. The molecule has 2 heterocycles. The molecule has 11 heavy (non-hydrogen) atoms. The minimum atomic E-state index is 0.137. The van der Waals surface area contributed by atoms with Crippen molar-refractivity contribution in [2.24, 2.45) is 0 Å². The molecule has 0 aromatic rings. The molecule has 2 aliphatic rings. The predicted octanol–water partition coefficient (Wildman–Crippen LogP) is 2.08. The predicted molar refractivity (Wildman–Crippen MR) is 42.3 cm³/mol. The van der Waals surface area contributed by atoms with E-state index in [-0.39, 0.29) is 6.29 Å². The Hall–Kier alpha value is -0.0800. The number of hydrogen-bond acceptors (Lipinski definition) is 2. The molecule has 0 aromatic carbocycles. The molecule has 2 fully saturated rings. The van der Waals surface area contributed by atoms with Crippen LogP contribution in [0.25, 0.3) is 0 Å². The fourth-order valence-electron chi connectivity index (χ4n) is 1.85. The summed E-state index contributed by atoms with van der Waals surface area (Å²) in [7, 11) is 0. The van der Waals surface area contributed by atoms with Gasteiger partial charge in [0.05, 0.1) is 12.7 Å². The molecule has 0 aromatic heterocycles. The minimum Gasteiger partial charge on any atom is -0.350 e. The van der Waals surface area contributed by atoms with Crippen molar-refractivity contribution in [3.8, 4) is 0 Å². The lowest BCUT2D eigenvalue weighted by Gasteiger charge is -2.07. The standard InChI is InChI=1S/C9H16O2/c1-2-4-6-9-10-7-8(11-9)5-3-1/h8-9H,1-7H2. The second-order valence-corrected chi connectivity index (χ2v) is 3.51. The van der Waals surface area contributed by atoms with Gasteiger partial charge in [0.2, 0.25) is 0 Å². The fourth-order valence-corrected chi connectivity index (χ4v) is 1.85. The van der Waals surface area contributed by atoms with Crippen molar-refractivity contribution < 1.29 is 9.47 Å². The Morgan fingerprint density at radius 1 is 0.909 bits per heavy atom. The second-order valence-electron chi connectivity index (χ2n) is 3.51. The topological polar surface area (TPSA) is 18.5 Å². The van der Waals surface area contributed by atoms with E-state index in [4.69, 9.17) is 9.47 Å². The Labute approximate surface area is 67.9 Å². The maximum absolute atomic E-state index is 5.66. The van der Waals surface area contributed by atoms with Crippen LogP contribution in [0.15, 0.2) is 0 Å². The van der Waals surface area contributed by atoms with Crippen molar-refractivity contribution >= 4 is 0 Å². The van der Waals surface area contributed by atoms with Gasteiger partial charge in [0, 0.05) is 0 Å². The van der Waals surface area contributed by atoms with Crippen LogP contribution in [0.5, 0.6) is 0 Å². The molecule has 64 valence electrons. The van der Waals surface area contributed by atoms with Gasteiger partial charge >= 0.3 is 0 Å². The van der Waals surface area contributed by atoms with Crippen molar-refractivity contribution in [1.82, 2.24) is 0 Å². The van der Waals surface area contributed by atoms with E-state index in [1.807, 2.05) is 0 Å². The van der Waals surface area contributed by atoms with Crippen molar-refractivity contribution in [3.63, 3.8) is 0 Å². The second kappa shape index (κ2) is 3.55. The highest BCUT2D eigenvalue weighted by Crippen LogP contribution is 2.23. The van der Waals surface area contributed by atoms with Gasteiger partial charge in [-0.3, -0.25) is 0 Å². The van der Waals surface area contributed by atoms with E-state index in [0.29, 0.717) is 6.10 Å². The summed E-state index contributed by atoms with van der Waals surface area (Å²) in [6.07, 6.45) is 8.20. The Morgan fingerprint density at radius 3 is 2.64 bits per heavy atom. The van der Waals surface area contributed by atoms with E-state index in [1.165, 1.54) is 32.1 Å². The lowest BCUT2D eigenvalue weighted by molar-refractivity contribution is -0.0624. The molecule has 2 nitrogen and oxygen atoms in total. The first-order valence-electron chi connectivity index (χ1n) is 4.72. The summed E-state index contributed by atoms with van der Waals surface area (Å²) in [4.78, 5) is 0. The lowest BCUT2D eigenvalue weighted by atomic mass is 10.1. The van der Waals surface area contributed by atoms with Gasteiger partial charge in [0.25, 0.3) is 0 Å². The maximum Gasteiger partial charge on any atom is 0.158 e. The molecule has 0 radical (unpaired) electrons. The van der Waals surface area contributed by atoms with Gasteiger partial charge < -0.3 is 9.47 Å². The Balaban J connectivity index is 1.88. The van der Waals surface area contributed by atoms with Crippen LogP contribution in [0.2, 0.25) is 0 Å². The molecule has 2 rings (SSSR count). The molecule has 0 aliphatic carbocycles. The third kappa shape index (κ3) is 1.94. The van der Waals surface area contributed by atoms with E-state index in [1.54, 1.807) is 0 Å². The number of hydrogen-bond donors (Lipinski definition) is 0. The summed E-state index contributed by atoms with van der Waals surface area (Å²) in [5.74, 6) is 0. The van der Waals surface area contributed by atoms with Crippen molar-refractivity contribution in [3.05, 3.63) is 0 Å². The zero-order valence-corrected chi connectivity index (χ0v) is 6.92. The highest BCUT2D eigenvalue weighted by atomic mass is 16.7. The molecular formula is C9H16O2. The van der Waals surface area contributed by atoms with Crippen molar-refractivity contribution in [2.75, 3.05) is 6.61 Å². The van der Waals surface area contributed by atoms with E-state index in [0.717, 1.165) is 13.0 Å². The Kier molecular flexibility index (Phi) is 2.44. The molecule has 2 atom stereocenters. The summed E-state index contributed by atoms with van der Waals surface area (Å²) in [5, 5.41) is 0. The first kappa shape index (κ1) is 7.56. The first-order valence-corrected chi connectivity index (χ1v) is 4.72. The fraction of sp³-hybridized carbons (Fsp3) is 1.00. The van der Waals surface area contributed by atoms with Crippen LogP contribution in [0, 0.1) is 0 Å². The van der Waals surface area contributed by atoms with Gasteiger partial charge in [0.15, 0.2) is 6.29 Å². The van der Waals surface area contributed by atoms with Crippen LogP contribution in [-0.2, 0) is 9.47 Å². The smallest absolute Gasteiger partial charge is 0.158 e. The number of fused-ring (bicyclic) bond motifs is 2. The highest BCUT2D eigenvalue weighted by Gasteiger charge is 2.25. The Bertz CT molecular complexity index is 111. The van der Waals surface area contributed by atoms with Gasteiger partial charge in [-0.1, -0.05) is 19.3 Å². The average Bonchev–Trinajstić information content (AvgIpc) is 2.49. The van der Waals surface area contributed by atoms with Crippen LogP contribution in [0.1, 0.15) is 38.5 Å². The molecule has 0 spiro atoms. The van der Waals surface area contributed by atoms with Gasteiger partial charge in [-0.05, 0) is 19.3 Å². The average molecular weight is 156 g/mol. The van der Waals surface area contributed by atoms with Crippen LogP contribution in [0.3, 0.4) is 0 Å². The third-order valence-electron chi connectivity index (χ3n) is 2.53. The molecule has 2 unspecified atom stereocenters. The van der Waals surface area contributed by atoms with E-state index < -0.39 is 0 Å². The SMILES string of the molecule is C1CCCC2OCC(CC1)O2. The molecule has 2 aliphatic heterocycles. The minimum absolute atomic E-state index is 0.137. The first-order chi connectivity index (χ1) is 5.45. The largest absolute Gasteiger partial charge is 0.350 e. The van der Waals surface area contributed by atoms with E-state index in [9.17, 15) is 0 Å². The molecule has 0 saturated carbocycles. The monoisotopic (exact) mass is 156 g/mol. The normalized spacial score (nSPS) is 39.3. The quantitative estimate of drug-likeness (QED) is 0.534. The molecular weight excluding hydrogens is 140 g/mol. The number of rotatable bonds is 0. The van der Waals surface area contributed by atoms with E-state index in [2.05, 4.69) is 0 Å². The molecule has 2 bridgehead atoms. The molecule has 2 saturated heterocycles. The van der Waals surface area contributed by atoms with Gasteiger partial charge in [-0.15, -0.1) is 0 Å². The van der Waals surface area contributed by atoms with Crippen molar-refractivity contribution in [2.45, 2.75) is 50.9 Å². The van der Waals surface area contributed by atoms with Gasteiger partial charge in [0.1, 0.15) is 0 Å². The van der Waals surface area contributed by atoms with Gasteiger partial charge in [-0.25, -0.2) is 0 Å². The van der Waals surface area contributed by atoms with E-state index >= 15 is 0 Å².